The van der Waals surface area contributed by atoms with Crippen LogP contribution >= 0.6 is 0 Å². The van der Waals surface area contributed by atoms with Crippen LogP contribution in [-0.2, 0) is 13.1 Å². The van der Waals surface area contributed by atoms with E-state index < -0.39 is 0 Å². The number of pyridine rings is 1. The van der Waals surface area contributed by atoms with Crippen molar-refractivity contribution in [3.05, 3.63) is 59.3 Å². The first kappa shape index (κ1) is 17.3. The van der Waals surface area contributed by atoms with Gasteiger partial charge in [-0.05, 0) is 42.4 Å². The van der Waals surface area contributed by atoms with Crippen molar-refractivity contribution in [2.45, 2.75) is 32.9 Å². The smallest absolute Gasteiger partial charge is 0.213 e. The lowest BCUT2D eigenvalue weighted by molar-refractivity contribution is 0.288. The van der Waals surface area contributed by atoms with Gasteiger partial charge in [0.05, 0.1) is 6.61 Å². The fourth-order valence-electron chi connectivity index (χ4n) is 2.48. The van der Waals surface area contributed by atoms with Crippen LogP contribution < -0.4 is 15.4 Å². The standard InChI is InChI=1S/C20H26N4O/c1-15-5-3-4-6-18(15)13-24-20(21-2)23-12-17-9-10-19(22-11-17)25-14-16-7-8-16/h3-6,9-11,16H,7-8,12-14H2,1-2H3,(H2,21,23,24). The third-order valence-electron chi connectivity index (χ3n) is 4.35. The molecule has 1 aliphatic carbocycles. The molecular weight excluding hydrogens is 312 g/mol. The highest BCUT2D eigenvalue weighted by atomic mass is 16.5. The first-order valence-electron chi connectivity index (χ1n) is 8.81. The topological polar surface area (TPSA) is 58.5 Å². The van der Waals surface area contributed by atoms with E-state index >= 15 is 0 Å². The number of guanidine groups is 1. The minimum Gasteiger partial charge on any atom is -0.477 e. The molecule has 1 aromatic carbocycles. The molecule has 5 heteroatoms. The molecule has 1 fully saturated rings. The minimum absolute atomic E-state index is 0.670. The average Bonchev–Trinajstić information content (AvgIpc) is 3.47. The van der Waals surface area contributed by atoms with Gasteiger partial charge in [0.25, 0.3) is 0 Å². The lowest BCUT2D eigenvalue weighted by Crippen LogP contribution is -2.36. The molecular formula is C20H26N4O. The molecule has 2 aromatic rings. The SMILES string of the molecule is CN=C(NCc1ccc(OCC2CC2)nc1)NCc1ccccc1C. The second-order valence-corrected chi connectivity index (χ2v) is 6.46. The molecule has 132 valence electrons. The van der Waals surface area contributed by atoms with E-state index in [9.17, 15) is 0 Å². The predicted octanol–water partition coefficient (Wildman–Crippen LogP) is 3.04. The molecule has 1 aromatic heterocycles. The number of benzene rings is 1. The summed E-state index contributed by atoms with van der Waals surface area (Å²) in [5.74, 6) is 2.22. The maximum absolute atomic E-state index is 5.66. The largest absolute Gasteiger partial charge is 0.477 e. The minimum atomic E-state index is 0.670. The van der Waals surface area contributed by atoms with E-state index in [0.29, 0.717) is 12.4 Å². The van der Waals surface area contributed by atoms with Gasteiger partial charge in [0, 0.05) is 32.4 Å². The summed E-state index contributed by atoms with van der Waals surface area (Å²) in [6, 6.07) is 12.3. The molecule has 0 spiro atoms. The summed E-state index contributed by atoms with van der Waals surface area (Å²) in [6.45, 7) is 4.33. The maximum atomic E-state index is 5.66. The molecule has 1 aliphatic rings. The zero-order chi connectivity index (χ0) is 17.5. The number of aliphatic imine (C=N–C) groups is 1. The highest BCUT2D eigenvalue weighted by molar-refractivity contribution is 5.79. The number of hydrogen-bond donors (Lipinski definition) is 2. The van der Waals surface area contributed by atoms with Crippen LogP contribution in [0.1, 0.15) is 29.5 Å². The molecule has 1 saturated carbocycles. The number of hydrogen-bond acceptors (Lipinski definition) is 3. The molecule has 0 unspecified atom stereocenters. The van der Waals surface area contributed by atoms with Crippen molar-refractivity contribution >= 4 is 5.96 Å². The number of aryl methyl sites for hydroxylation is 1. The van der Waals surface area contributed by atoms with Gasteiger partial charge < -0.3 is 15.4 Å². The van der Waals surface area contributed by atoms with E-state index in [2.05, 4.69) is 51.8 Å². The van der Waals surface area contributed by atoms with E-state index in [1.165, 1.54) is 24.0 Å². The summed E-state index contributed by atoms with van der Waals surface area (Å²) >= 11 is 0. The summed E-state index contributed by atoms with van der Waals surface area (Å²) in [4.78, 5) is 8.64. The van der Waals surface area contributed by atoms with Crippen molar-refractivity contribution in [2.75, 3.05) is 13.7 Å². The number of nitrogens with zero attached hydrogens (tertiary/aromatic N) is 2. The molecule has 0 amide bonds. The van der Waals surface area contributed by atoms with Crippen LogP contribution in [0.15, 0.2) is 47.6 Å². The third-order valence-corrected chi connectivity index (χ3v) is 4.35. The Bertz CT molecular complexity index is 708. The van der Waals surface area contributed by atoms with Gasteiger partial charge in [0.2, 0.25) is 5.88 Å². The molecule has 25 heavy (non-hydrogen) atoms. The van der Waals surface area contributed by atoms with Crippen molar-refractivity contribution in [3.63, 3.8) is 0 Å². The van der Waals surface area contributed by atoms with Gasteiger partial charge in [0.15, 0.2) is 5.96 Å². The predicted molar refractivity (Wildman–Crippen MR) is 101 cm³/mol. The van der Waals surface area contributed by atoms with E-state index in [0.717, 1.165) is 30.6 Å². The summed E-state index contributed by atoms with van der Waals surface area (Å²) < 4.78 is 5.66. The lowest BCUT2D eigenvalue weighted by Gasteiger charge is -2.13. The van der Waals surface area contributed by atoms with Crippen molar-refractivity contribution in [1.29, 1.82) is 0 Å². The van der Waals surface area contributed by atoms with Crippen molar-refractivity contribution in [2.24, 2.45) is 10.9 Å². The molecule has 2 N–H and O–H groups in total. The number of aromatic nitrogens is 1. The first-order chi connectivity index (χ1) is 12.2. The molecule has 0 aliphatic heterocycles. The van der Waals surface area contributed by atoms with Crippen LogP contribution in [-0.4, -0.2) is 24.6 Å². The lowest BCUT2D eigenvalue weighted by atomic mass is 10.1. The maximum Gasteiger partial charge on any atom is 0.213 e. The van der Waals surface area contributed by atoms with Gasteiger partial charge in [-0.1, -0.05) is 30.3 Å². The second-order valence-electron chi connectivity index (χ2n) is 6.46. The first-order valence-corrected chi connectivity index (χ1v) is 8.81. The van der Waals surface area contributed by atoms with Gasteiger partial charge in [-0.3, -0.25) is 4.99 Å². The third kappa shape index (κ3) is 5.48. The van der Waals surface area contributed by atoms with Gasteiger partial charge in [0.1, 0.15) is 0 Å². The Kier molecular flexibility index (Phi) is 5.88. The van der Waals surface area contributed by atoms with Crippen LogP contribution in [0.2, 0.25) is 0 Å². The number of nitrogens with one attached hydrogen (secondary N) is 2. The fourth-order valence-corrected chi connectivity index (χ4v) is 2.48. The molecule has 0 radical (unpaired) electrons. The van der Waals surface area contributed by atoms with Crippen molar-refractivity contribution in [1.82, 2.24) is 15.6 Å². The fraction of sp³-hybridized carbons (Fsp3) is 0.400. The highest BCUT2D eigenvalue weighted by Crippen LogP contribution is 2.29. The Hall–Kier alpha value is -2.56. The van der Waals surface area contributed by atoms with Gasteiger partial charge in [-0.2, -0.15) is 0 Å². The molecule has 0 bridgehead atoms. The zero-order valence-corrected chi connectivity index (χ0v) is 15.0. The molecule has 0 atom stereocenters. The van der Waals surface area contributed by atoms with Crippen LogP contribution in [0, 0.1) is 12.8 Å². The zero-order valence-electron chi connectivity index (χ0n) is 15.0. The Morgan fingerprint density at radius 1 is 1.16 bits per heavy atom. The summed E-state index contributed by atoms with van der Waals surface area (Å²) in [5.41, 5.74) is 3.64. The molecule has 5 nitrogen and oxygen atoms in total. The number of rotatable bonds is 7. The van der Waals surface area contributed by atoms with Crippen LogP contribution in [0.4, 0.5) is 0 Å². The summed E-state index contributed by atoms with van der Waals surface area (Å²) in [7, 11) is 1.78. The summed E-state index contributed by atoms with van der Waals surface area (Å²) in [6.07, 6.45) is 4.43. The highest BCUT2D eigenvalue weighted by Gasteiger charge is 2.21. The monoisotopic (exact) mass is 338 g/mol. The van der Waals surface area contributed by atoms with Crippen LogP contribution in [0.5, 0.6) is 5.88 Å². The Morgan fingerprint density at radius 3 is 2.64 bits per heavy atom. The van der Waals surface area contributed by atoms with Gasteiger partial charge in [-0.15, -0.1) is 0 Å². The summed E-state index contributed by atoms with van der Waals surface area (Å²) in [5, 5.41) is 6.65. The second kappa shape index (κ2) is 8.51. The quantitative estimate of drug-likeness (QED) is 0.602. The van der Waals surface area contributed by atoms with E-state index in [1.807, 2.05) is 18.3 Å². The molecule has 3 rings (SSSR count). The average molecular weight is 338 g/mol. The Labute approximate surface area is 149 Å². The number of ether oxygens (including phenoxy) is 1. The van der Waals surface area contributed by atoms with E-state index in [4.69, 9.17) is 4.74 Å². The van der Waals surface area contributed by atoms with Crippen LogP contribution in [0.25, 0.3) is 0 Å². The van der Waals surface area contributed by atoms with E-state index in [1.54, 1.807) is 7.05 Å². The van der Waals surface area contributed by atoms with Crippen molar-refractivity contribution in [3.8, 4) is 5.88 Å². The Balaban J connectivity index is 1.44. The molecule has 1 heterocycles. The van der Waals surface area contributed by atoms with Crippen molar-refractivity contribution < 1.29 is 4.74 Å². The van der Waals surface area contributed by atoms with Gasteiger partial charge in [-0.25, -0.2) is 4.98 Å². The Morgan fingerprint density at radius 2 is 1.96 bits per heavy atom. The normalized spacial score (nSPS) is 14.2. The van der Waals surface area contributed by atoms with Gasteiger partial charge >= 0.3 is 0 Å². The van der Waals surface area contributed by atoms with E-state index in [-0.39, 0.29) is 0 Å². The molecule has 0 saturated heterocycles. The van der Waals surface area contributed by atoms with Crippen LogP contribution in [0.3, 0.4) is 0 Å².